The minimum Gasteiger partial charge on any atom is -0.478 e. The Hall–Kier alpha value is -2.62. The highest BCUT2D eigenvalue weighted by atomic mass is 16.4. The first kappa shape index (κ1) is 12.8. The highest BCUT2D eigenvalue weighted by Crippen LogP contribution is 2.30. The highest BCUT2D eigenvalue weighted by molar-refractivity contribution is 6.07. The van der Waals surface area contributed by atoms with Gasteiger partial charge in [0, 0.05) is 0 Å². The number of hydrogen-bond donors (Lipinski definition) is 2. The molecule has 0 aliphatic carbocycles. The summed E-state index contributed by atoms with van der Waals surface area (Å²) < 4.78 is 0. The Morgan fingerprint density at radius 3 is 2.05 bits per heavy atom. The normalized spacial score (nSPS) is 10.2. The van der Waals surface area contributed by atoms with E-state index in [1.54, 1.807) is 37.3 Å². The second-order valence-corrected chi connectivity index (χ2v) is 4.16. The molecule has 2 aromatic rings. The van der Waals surface area contributed by atoms with Crippen LogP contribution in [0.15, 0.2) is 42.5 Å². The first-order valence-electron chi connectivity index (χ1n) is 5.68. The summed E-state index contributed by atoms with van der Waals surface area (Å²) in [6, 6.07) is 11.9. The Bertz CT molecular complexity index is 645. The summed E-state index contributed by atoms with van der Waals surface area (Å²) in [7, 11) is 0. The van der Waals surface area contributed by atoms with E-state index >= 15 is 0 Å². The van der Waals surface area contributed by atoms with Gasteiger partial charge in [-0.25, -0.2) is 9.59 Å². The summed E-state index contributed by atoms with van der Waals surface area (Å²) in [4.78, 5) is 22.6. The van der Waals surface area contributed by atoms with Gasteiger partial charge in [-0.15, -0.1) is 0 Å². The average Bonchev–Trinajstić information content (AvgIpc) is 2.38. The van der Waals surface area contributed by atoms with E-state index in [1.807, 2.05) is 6.07 Å². The Labute approximate surface area is 109 Å². The number of benzene rings is 2. The summed E-state index contributed by atoms with van der Waals surface area (Å²) in [6.45, 7) is 1.76. The van der Waals surface area contributed by atoms with Crippen LogP contribution in [0.2, 0.25) is 0 Å². The molecule has 0 aliphatic rings. The molecule has 0 bridgehead atoms. The van der Waals surface area contributed by atoms with Gasteiger partial charge in [-0.2, -0.15) is 0 Å². The first-order valence-corrected chi connectivity index (χ1v) is 5.68. The van der Waals surface area contributed by atoms with Crippen LogP contribution in [0.4, 0.5) is 0 Å². The Balaban J connectivity index is 2.82. The zero-order chi connectivity index (χ0) is 14.0. The third-order valence-corrected chi connectivity index (χ3v) is 2.92. The van der Waals surface area contributed by atoms with E-state index in [9.17, 15) is 14.7 Å². The van der Waals surface area contributed by atoms with Crippen LogP contribution in [0, 0.1) is 6.92 Å². The number of aryl methyl sites for hydroxylation is 1. The van der Waals surface area contributed by atoms with Crippen molar-refractivity contribution in [3.05, 3.63) is 59.2 Å². The minimum absolute atomic E-state index is 0.168. The van der Waals surface area contributed by atoms with Crippen LogP contribution >= 0.6 is 0 Å². The van der Waals surface area contributed by atoms with Crippen LogP contribution in [0.1, 0.15) is 26.3 Å². The quantitative estimate of drug-likeness (QED) is 0.885. The van der Waals surface area contributed by atoms with Crippen molar-refractivity contribution in [2.45, 2.75) is 6.92 Å². The number of rotatable bonds is 3. The molecule has 0 heterocycles. The molecule has 4 nitrogen and oxygen atoms in total. The average molecular weight is 256 g/mol. The van der Waals surface area contributed by atoms with Gasteiger partial charge in [0.2, 0.25) is 0 Å². The fourth-order valence-corrected chi connectivity index (χ4v) is 2.08. The van der Waals surface area contributed by atoms with Crippen molar-refractivity contribution in [1.29, 1.82) is 0 Å². The lowest BCUT2D eigenvalue weighted by Gasteiger charge is -2.12. The molecule has 19 heavy (non-hydrogen) atoms. The molecule has 2 aromatic carbocycles. The molecule has 0 unspecified atom stereocenters. The van der Waals surface area contributed by atoms with E-state index in [-0.39, 0.29) is 11.1 Å². The van der Waals surface area contributed by atoms with Crippen molar-refractivity contribution in [3.8, 4) is 11.1 Å². The summed E-state index contributed by atoms with van der Waals surface area (Å²) in [5.41, 5.74) is 1.51. The maximum atomic E-state index is 11.4. The molecule has 0 atom stereocenters. The van der Waals surface area contributed by atoms with E-state index in [0.717, 1.165) is 5.56 Å². The fraction of sp³-hybridized carbons (Fsp3) is 0.0667. The molecule has 96 valence electrons. The lowest BCUT2D eigenvalue weighted by Crippen LogP contribution is -2.11. The number of carboxylic acid groups (broad SMARTS) is 2. The second kappa shape index (κ2) is 4.94. The monoisotopic (exact) mass is 256 g/mol. The van der Waals surface area contributed by atoms with Crippen molar-refractivity contribution in [3.63, 3.8) is 0 Å². The van der Waals surface area contributed by atoms with Crippen LogP contribution < -0.4 is 0 Å². The molecule has 0 aromatic heterocycles. The van der Waals surface area contributed by atoms with Gasteiger partial charge >= 0.3 is 11.9 Å². The molecular weight excluding hydrogens is 244 g/mol. The minimum atomic E-state index is -1.24. The van der Waals surface area contributed by atoms with Gasteiger partial charge in [-0.05, 0) is 29.7 Å². The third kappa shape index (κ3) is 2.33. The topological polar surface area (TPSA) is 74.6 Å². The van der Waals surface area contributed by atoms with Gasteiger partial charge in [-0.3, -0.25) is 0 Å². The van der Waals surface area contributed by atoms with Crippen molar-refractivity contribution in [2.75, 3.05) is 0 Å². The molecular formula is C15H12O4. The third-order valence-electron chi connectivity index (χ3n) is 2.92. The van der Waals surface area contributed by atoms with Crippen molar-refractivity contribution in [2.24, 2.45) is 0 Å². The van der Waals surface area contributed by atoms with Gasteiger partial charge in [0.25, 0.3) is 0 Å². The van der Waals surface area contributed by atoms with E-state index in [1.165, 1.54) is 6.07 Å². The van der Waals surface area contributed by atoms with Gasteiger partial charge in [0.05, 0.1) is 11.1 Å². The summed E-state index contributed by atoms with van der Waals surface area (Å²) in [5.74, 6) is -2.48. The molecule has 2 N–H and O–H groups in total. The zero-order valence-electron chi connectivity index (χ0n) is 10.3. The Morgan fingerprint density at radius 1 is 0.895 bits per heavy atom. The van der Waals surface area contributed by atoms with Crippen LogP contribution in [-0.4, -0.2) is 22.2 Å². The molecule has 0 amide bonds. The second-order valence-electron chi connectivity index (χ2n) is 4.16. The molecule has 0 radical (unpaired) electrons. The number of carbonyl (C=O) groups is 2. The van der Waals surface area contributed by atoms with Crippen LogP contribution in [0.5, 0.6) is 0 Å². The first-order chi connectivity index (χ1) is 9.02. The van der Waals surface area contributed by atoms with Crippen molar-refractivity contribution >= 4 is 11.9 Å². The number of aromatic carboxylic acids is 2. The van der Waals surface area contributed by atoms with Crippen LogP contribution in [-0.2, 0) is 0 Å². The van der Waals surface area contributed by atoms with E-state index < -0.39 is 11.9 Å². The number of carboxylic acids is 2. The predicted octanol–water partition coefficient (Wildman–Crippen LogP) is 3.06. The van der Waals surface area contributed by atoms with Gasteiger partial charge in [-0.1, -0.05) is 36.4 Å². The van der Waals surface area contributed by atoms with Gasteiger partial charge in [0.1, 0.15) is 0 Å². The maximum absolute atomic E-state index is 11.4. The van der Waals surface area contributed by atoms with Crippen LogP contribution in [0.3, 0.4) is 0 Å². The predicted molar refractivity (Wildman–Crippen MR) is 70.5 cm³/mol. The molecule has 0 aliphatic heterocycles. The van der Waals surface area contributed by atoms with Crippen molar-refractivity contribution in [1.82, 2.24) is 0 Å². The lowest BCUT2D eigenvalue weighted by atomic mass is 9.91. The largest absolute Gasteiger partial charge is 0.478 e. The smallest absolute Gasteiger partial charge is 0.337 e. The Morgan fingerprint density at radius 2 is 1.53 bits per heavy atom. The van der Waals surface area contributed by atoms with E-state index in [4.69, 9.17) is 5.11 Å². The molecule has 2 rings (SSSR count). The SMILES string of the molecule is Cc1ccc(C(=O)O)c(C(=O)O)c1-c1ccccc1. The molecule has 0 saturated heterocycles. The van der Waals surface area contributed by atoms with Gasteiger partial charge in [0.15, 0.2) is 0 Å². The highest BCUT2D eigenvalue weighted by Gasteiger charge is 2.22. The van der Waals surface area contributed by atoms with E-state index in [2.05, 4.69) is 0 Å². The lowest BCUT2D eigenvalue weighted by molar-refractivity contribution is 0.0652. The fourth-order valence-electron chi connectivity index (χ4n) is 2.08. The summed E-state index contributed by atoms with van der Waals surface area (Å²) in [6.07, 6.45) is 0. The molecule has 0 fully saturated rings. The molecule has 4 heteroatoms. The Kier molecular flexibility index (Phi) is 3.33. The maximum Gasteiger partial charge on any atom is 0.337 e. The van der Waals surface area contributed by atoms with Crippen molar-refractivity contribution < 1.29 is 19.8 Å². The standard InChI is InChI=1S/C15H12O4/c1-9-7-8-11(14(16)17)13(15(18)19)12(9)10-5-3-2-4-6-10/h2-8H,1H3,(H,16,17)(H,18,19). The summed E-state index contributed by atoms with van der Waals surface area (Å²) in [5, 5.41) is 18.4. The van der Waals surface area contributed by atoms with E-state index in [0.29, 0.717) is 11.1 Å². The zero-order valence-corrected chi connectivity index (χ0v) is 10.3. The number of hydrogen-bond acceptors (Lipinski definition) is 2. The summed E-state index contributed by atoms with van der Waals surface area (Å²) >= 11 is 0. The molecule has 0 spiro atoms. The van der Waals surface area contributed by atoms with Crippen LogP contribution in [0.25, 0.3) is 11.1 Å². The van der Waals surface area contributed by atoms with Gasteiger partial charge < -0.3 is 10.2 Å². The molecule has 0 saturated carbocycles.